The van der Waals surface area contributed by atoms with Crippen molar-refractivity contribution in [3.05, 3.63) is 59.4 Å². The van der Waals surface area contributed by atoms with Crippen LogP contribution in [0.4, 0.5) is 10.1 Å². The maximum atomic E-state index is 14.6. The van der Waals surface area contributed by atoms with E-state index in [4.69, 9.17) is 10.5 Å². The van der Waals surface area contributed by atoms with Crippen LogP contribution in [-0.2, 0) is 5.41 Å². The van der Waals surface area contributed by atoms with Crippen LogP contribution in [0.25, 0.3) is 0 Å². The SMILES string of the molecule is CC1(C)CN([C@H]2c3ccccc3O[C@@H]2CN)c2c(F)cccc21. The highest BCUT2D eigenvalue weighted by molar-refractivity contribution is 5.65. The number of fused-ring (bicyclic) bond motifs is 2. The summed E-state index contributed by atoms with van der Waals surface area (Å²) in [5, 5.41) is 0. The van der Waals surface area contributed by atoms with E-state index in [2.05, 4.69) is 24.8 Å². The van der Waals surface area contributed by atoms with Crippen LogP contribution in [0.5, 0.6) is 5.75 Å². The van der Waals surface area contributed by atoms with E-state index in [1.54, 1.807) is 6.07 Å². The molecule has 0 saturated heterocycles. The normalized spacial score (nSPS) is 24.3. The number of ether oxygens (including phenoxy) is 1. The Balaban J connectivity index is 1.86. The van der Waals surface area contributed by atoms with Gasteiger partial charge in [-0.15, -0.1) is 0 Å². The minimum Gasteiger partial charge on any atom is -0.486 e. The van der Waals surface area contributed by atoms with Crippen molar-refractivity contribution in [3.63, 3.8) is 0 Å². The second kappa shape index (κ2) is 4.96. The third kappa shape index (κ3) is 2.05. The third-order valence-corrected chi connectivity index (χ3v) is 5.01. The van der Waals surface area contributed by atoms with Crippen molar-refractivity contribution in [1.82, 2.24) is 0 Å². The Labute approximate surface area is 135 Å². The van der Waals surface area contributed by atoms with Crippen LogP contribution in [0.15, 0.2) is 42.5 Å². The quantitative estimate of drug-likeness (QED) is 0.924. The molecule has 0 spiro atoms. The van der Waals surface area contributed by atoms with Crippen LogP contribution in [0.1, 0.15) is 31.0 Å². The summed E-state index contributed by atoms with van der Waals surface area (Å²) < 4.78 is 20.6. The van der Waals surface area contributed by atoms with E-state index in [1.807, 2.05) is 24.3 Å². The van der Waals surface area contributed by atoms with Crippen molar-refractivity contribution < 1.29 is 9.13 Å². The lowest BCUT2D eigenvalue weighted by Gasteiger charge is -2.31. The van der Waals surface area contributed by atoms with Crippen LogP contribution in [0, 0.1) is 5.82 Å². The molecule has 4 heteroatoms. The Morgan fingerprint density at radius 2 is 2.00 bits per heavy atom. The van der Waals surface area contributed by atoms with E-state index in [0.717, 1.165) is 23.4 Å². The molecule has 0 saturated carbocycles. The lowest BCUT2D eigenvalue weighted by atomic mass is 9.87. The number of benzene rings is 2. The minimum atomic E-state index is -0.173. The molecule has 2 aromatic carbocycles. The first kappa shape index (κ1) is 14.5. The third-order valence-electron chi connectivity index (χ3n) is 5.01. The van der Waals surface area contributed by atoms with E-state index >= 15 is 0 Å². The second-order valence-corrected chi connectivity index (χ2v) is 7.02. The number of para-hydroxylation sites is 2. The van der Waals surface area contributed by atoms with Gasteiger partial charge in [0, 0.05) is 24.1 Å². The first-order chi connectivity index (χ1) is 11.0. The van der Waals surface area contributed by atoms with Crippen LogP contribution >= 0.6 is 0 Å². The smallest absolute Gasteiger partial charge is 0.146 e. The predicted molar refractivity (Wildman–Crippen MR) is 89.4 cm³/mol. The fraction of sp³-hybridized carbons (Fsp3) is 0.368. The summed E-state index contributed by atoms with van der Waals surface area (Å²) in [5.74, 6) is 0.684. The van der Waals surface area contributed by atoms with Crippen molar-refractivity contribution in [2.75, 3.05) is 18.0 Å². The van der Waals surface area contributed by atoms with Gasteiger partial charge in [0.1, 0.15) is 17.7 Å². The van der Waals surface area contributed by atoms with Crippen molar-refractivity contribution in [1.29, 1.82) is 0 Å². The van der Waals surface area contributed by atoms with Crippen molar-refractivity contribution in [2.24, 2.45) is 5.73 Å². The molecule has 0 radical (unpaired) electrons. The zero-order valence-corrected chi connectivity index (χ0v) is 13.4. The zero-order valence-electron chi connectivity index (χ0n) is 13.4. The molecule has 23 heavy (non-hydrogen) atoms. The fourth-order valence-corrected chi connectivity index (χ4v) is 3.99. The van der Waals surface area contributed by atoms with Crippen molar-refractivity contribution in [3.8, 4) is 5.75 Å². The van der Waals surface area contributed by atoms with E-state index in [-0.39, 0.29) is 23.4 Å². The van der Waals surface area contributed by atoms with E-state index < -0.39 is 0 Å². The van der Waals surface area contributed by atoms with Gasteiger partial charge in [-0.1, -0.05) is 44.2 Å². The standard InChI is InChI=1S/C19H21FN2O/c1-19(2)11-22(18-13(19)7-5-8-14(18)20)17-12-6-3-4-9-15(12)23-16(17)10-21/h3-9,16-17H,10-11,21H2,1-2H3/t16-,17+/m1/s1. The summed E-state index contributed by atoms with van der Waals surface area (Å²) in [5.41, 5.74) is 8.69. The Morgan fingerprint density at radius 1 is 1.22 bits per heavy atom. The number of nitrogens with two attached hydrogens (primary N) is 1. The number of hydrogen-bond acceptors (Lipinski definition) is 3. The lowest BCUT2D eigenvalue weighted by Crippen LogP contribution is -2.41. The largest absolute Gasteiger partial charge is 0.486 e. The molecule has 0 aliphatic carbocycles. The van der Waals surface area contributed by atoms with Gasteiger partial charge in [0.2, 0.25) is 0 Å². The number of nitrogens with zero attached hydrogens (tertiary/aromatic N) is 1. The Bertz CT molecular complexity index is 759. The van der Waals surface area contributed by atoms with Crippen LogP contribution in [0.2, 0.25) is 0 Å². The number of rotatable bonds is 2. The molecule has 2 aliphatic heterocycles. The number of anilines is 1. The van der Waals surface area contributed by atoms with Gasteiger partial charge in [0.25, 0.3) is 0 Å². The summed E-state index contributed by atoms with van der Waals surface area (Å²) in [7, 11) is 0. The van der Waals surface area contributed by atoms with E-state index in [0.29, 0.717) is 12.2 Å². The summed E-state index contributed by atoms with van der Waals surface area (Å²) in [6.45, 7) is 5.47. The Hall–Kier alpha value is -2.07. The molecule has 0 unspecified atom stereocenters. The molecule has 3 nitrogen and oxygen atoms in total. The summed E-state index contributed by atoms with van der Waals surface area (Å²) >= 11 is 0. The van der Waals surface area contributed by atoms with Gasteiger partial charge < -0.3 is 15.4 Å². The second-order valence-electron chi connectivity index (χ2n) is 7.02. The molecule has 2 heterocycles. The monoisotopic (exact) mass is 312 g/mol. The first-order valence-corrected chi connectivity index (χ1v) is 8.04. The van der Waals surface area contributed by atoms with E-state index in [9.17, 15) is 4.39 Å². The fourth-order valence-electron chi connectivity index (χ4n) is 3.99. The summed E-state index contributed by atoms with van der Waals surface area (Å²) in [6, 6.07) is 13.3. The topological polar surface area (TPSA) is 38.5 Å². The first-order valence-electron chi connectivity index (χ1n) is 8.04. The average Bonchev–Trinajstić information content (AvgIpc) is 3.03. The molecule has 120 valence electrons. The highest BCUT2D eigenvalue weighted by atomic mass is 19.1. The Morgan fingerprint density at radius 3 is 2.78 bits per heavy atom. The molecular formula is C19H21FN2O. The highest BCUT2D eigenvalue weighted by Crippen LogP contribution is 2.50. The molecule has 2 aliphatic rings. The van der Waals surface area contributed by atoms with Gasteiger partial charge in [0.05, 0.1) is 11.7 Å². The Kier molecular flexibility index (Phi) is 3.13. The average molecular weight is 312 g/mol. The van der Waals surface area contributed by atoms with Crippen molar-refractivity contribution in [2.45, 2.75) is 31.4 Å². The van der Waals surface area contributed by atoms with Crippen LogP contribution in [0.3, 0.4) is 0 Å². The van der Waals surface area contributed by atoms with E-state index in [1.165, 1.54) is 6.07 Å². The molecule has 0 aromatic heterocycles. The predicted octanol–water partition coefficient (Wildman–Crippen LogP) is 3.38. The number of halogens is 1. The van der Waals surface area contributed by atoms with Gasteiger partial charge in [0.15, 0.2) is 0 Å². The molecule has 0 bridgehead atoms. The summed E-state index contributed by atoms with van der Waals surface area (Å²) in [6.07, 6.45) is -0.159. The van der Waals surface area contributed by atoms with Gasteiger partial charge in [-0.25, -0.2) is 4.39 Å². The van der Waals surface area contributed by atoms with Gasteiger partial charge in [-0.05, 0) is 17.7 Å². The maximum absolute atomic E-state index is 14.6. The van der Waals surface area contributed by atoms with Gasteiger partial charge >= 0.3 is 0 Å². The molecular weight excluding hydrogens is 291 g/mol. The van der Waals surface area contributed by atoms with Crippen LogP contribution < -0.4 is 15.4 Å². The van der Waals surface area contributed by atoms with Crippen LogP contribution in [-0.4, -0.2) is 19.2 Å². The molecule has 2 N–H and O–H groups in total. The van der Waals surface area contributed by atoms with Crippen molar-refractivity contribution >= 4 is 5.69 Å². The molecule has 0 fully saturated rings. The molecule has 4 rings (SSSR count). The highest BCUT2D eigenvalue weighted by Gasteiger charge is 2.46. The minimum absolute atomic E-state index is 0.0476. The number of hydrogen-bond donors (Lipinski definition) is 1. The zero-order chi connectivity index (χ0) is 16.2. The molecule has 2 atom stereocenters. The van der Waals surface area contributed by atoms with Gasteiger partial charge in [-0.3, -0.25) is 0 Å². The summed E-state index contributed by atoms with van der Waals surface area (Å²) in [4.78, 5) is 2.15. The lowest BCUT2D eigenvalue weighted by molar-refractivity contribution is 0.209. The molecule has 0 amide bonds. The maximum Gasteiger partial charge on any atom is 0.146 e. The molecule has 2 aromatic rings. The van der Waals surface area contributed by atoms with Gasteiger partial charge in [-0.2, -0.15) is 0 Å².